The molecule has 2 aromatic carbocycles. The molecule has 0 radical (unpaired) electrons. The largest absolute Gasteiger partial charge is 0.462 e. The topological polar surface area (TPSA) is 98.9 Å². The molecule has 7 nitrogen and oxygen atoms in total. The molecule has 33 heavy (non-hydrogen) atoms. The molecule has 1 amide bonds. The maximum Gasteiger partial charge on any atom is 0.341 e. The molecular formula is C26H24N2O5. The average Bonchev–Trinajstić information content (AvgIpc) is 3.02. The van der Waals surface area contributed by atoms with E-state index in [9.17, 15) is 14.4 Å². The van der Waals surface area contributed by atoms with Gasteiger partial charge in [0.05, 0.1) is 12.2 Å². The van der Waals surface area contributed by atoms with Crippen LogP contribution in [0.4, 0.5) is 5.69 Å². The molecule has 7 heteroatoms. The highest BCUT2D eigenvalue weighted by atomic mass is 16.5. The van der Waals surface area contributed by atoms with Crippen molar-refractivity contribution in [1.29, 1.82) is 0 Å². The van der Waals surface area contributed by atoms with Crippen molar-refractivity contribution >= 4 is 23.3 Å². The number of amides is 1. The molecule has 1 aliphatic carbocycles. The molecule has 2 heterocycles. The first-order chi connectivity index (χ1) is 15.9. The lowest BCUT2D eigenvalue weighted by Crippen LogP contribution is -2.51. The van der Waals surface area contributed by atoms with Gasteiger partial charge in [0.2, 0.25) is 11.8 Å². The van der Waals surface area contributed by atoms with Crippen LogP contribution >= 0.6 is 0 Å². The highest BCUT2D eigenvalue weighted by molar-refractivity contribution is 6.23. The summed E-state index contributed by atoms with van der Waals surface area (Å²) >= 11 is 0. The van der Waals surface area contributed by atoms with Crippen molar-refractivity contribution in [3.05, 3.63) is 88.5 Å². The normalized spacial score (nSPS) is 24.1. The molecule has 0 saturated heterocycles. The first-order valence-corrected chi connectivity index (χ1v) is 11.0. The van der Waals surface area contributed by atoms with Crippen LogP contribution in [-0.4, -0.2) is 31.3 Å². The van der Waals surface area contributed by atoms with Crippen LogP contribution in [0.1, 0.15) is 36.8 Å². The number of esters is 1. The van der Waals surface area contributed by atoms with Gasteiger partial charge < -0.3 is 20.1 Å². The predicted molar refractivity (Wildman–Crippen MR) is 121 cm³/mol. The van der Waals surface area contributed by atoms with Crippen molar-refractivity contribution in [3.8, 4) is 0 Å². The summed E-state index contributed by atoms with van der Waals surface area (Å²) < 4.78 is 11.2. The van der Waals surface area contributed by atoms with Gasteiger partial charge in [0.25, 0.3) is 0 Å². The third kappa shape index (κ3) is 2.85. The molecule has 3 aliphatic rings. The van der Waals surface area contributed by atoms with Gasteiger partial charge in [-0.3, -0.25) is 9.59 Å². The van der Waals surface area contributed by atoms with Crippen LogP contribution in [0.25, 0.3) is 0 Å². The second-order valence-corrected chi connectivity index (χ2v) is 8.43. The predicted octanol–water partition coefficient (Wildman–Crippen LogP) is 3.07. The van der Waals surface area contributed by atoms with Crippen LogP contribution < -0.4 is 10.6 Å². The minimum Gasteiger partial charge on any atom is -0.462 e. The van der Waals surface area contributed by atoms with Crippen molar-refractivity contribution in [2.45, 2.75) is 31.1 Å². The number of hydrogen-bond acceptors (Lipinski definition) is 6. The number of benzene rings is 2. The van der Waals surface area contributed by atoms with Gasteiger partial charge in [-0.05, 0) is 24.5 Å². The fourth-order valence-corrected chi connectivity index (χ4v) is 5.34. The van der Waals surface area contributed by atoms with Crippen LogP contribution in [0.3, 0.4) is 0 Å². The molecule has 2 aliphatic heterocycles. The van der Waals surface area contributed by atoms with E-state index in [0.29, 0.717) is 23.4 Å². The van der Waals surface area contributed by atoms with Gasteiger partial charge in [0.15, 0.2) is 5.78 Å². The lowest BCUT2D eigenvalue weighted by molar-refractivity contribution is -0.141. The number of para-hydroxylation sites is 1. The zero-order valence-corrected chi connectivity index (χ0v) is 18.5. The van der Waals surface area contributed by atoms with E-state index in [0.717, 1.165) is 5.56 Å². The van der Waals surface area contributed by atoms with Gasteiger partial charge >= 0.3 is 5.97 Å². The third-order valence-electron chi connectivity index (χ3n) is 6.70. The van der Waals surface area contributed by atoms with E-state index in [2.05, 4.69) is 0 Å². The van der Waals surface area contributed by atoms with Gasteiger partial charge in [-0.1, -0.05) is 48.5 Å². The monoisotopic (exact) mass is 444 g/mol. The van der Waals surface area contributed by atoms with Crippen molar-refractivity contribution in [1.82, 2.24) is 0 Å². The highest BCUT2D eigenvalue weighted by Gasteiger charge is 2.63. The summed E-state index contributed by atoms with van der Waals surface area (Å²) in [6.45, 7) is 1.76. The summed E-state index contributed by atoms with van der Waals surface area (Å²) in [5.41, 5.74) is 6.83. The molecule has 0 saturated carbocycles. The number of allylic oxidation sites excluding steroid dienone is 1. The highest BCUT2D eigenvalue weighted by Crippen LogP contribution is 2.56. The number of fused-ring (bicyclic) bond motifs is 3. The fraction of sp³-hybridized carbons (Fsp3) is 0.269. The van der Waals surface area contributed by atoms with E-state index in [1.165, 1.54) is 4.90 Å². The van der Waals surface area contributed by atoms with Crippen molar-refractivity contribution in [3.63, 3.8) is 0 Å². The van der Waals surface area contributed by atoms with E-state index in [1.54, 1.807) is 32.2 Å². The Morgan fingerprint density at radius 2 is 1.82 bits per heavy atom. The molecule has 0 bridgehead atoms. The van der Waals surface area contributed by atoms with Crippen molar-refractivity contribution < 1.29 is 23.9 Å². The van der Waals surface area contributed by atoms with Gasteiger partial charge in [-0.15, -0.1) is 0 Å². The van der Waals surface area contributed by atoms with E-state index in [4.69, 9.17) is 15.2 Å². The Labute approximate surface area is 191 Å². The Morgan fingerprint density at radius 1 is 1.12 bits per heavy atom. The molecule has 2 N–H and O–H groups in total. The second kappa shape index (κ2) is 7.62. The summed E-state index contributed by atoms with van der Waals surface area (Å²) in [4.78, 5) is 42.3. The van der Waals surface area contributed by atoms with Crippen molar-refractivity contribution in [2.75, 3.05) is 18.6 Å². The summed E-state index contributed by atoms with van der Waals surface area (Å²) in [6, 6.07) is 16.8. The van der Waals surface area contributed by atoms with Crippen LogP contribution in [0.2, 0.25) is 0 Å². The number of hydrogen-bond donors (Lipinski definition) is 1. The number of carbonyl (C=O) groups is 3. The lowest BCUT2D eigenvalue weighted by atomic mass is 9.63. The summed E-state index contributed by atoms with van der Waals surface area (Å²) in [5, 5.41) is 0. The molecule has 168 valence electrons. The third-order valence-corrected chi connectivity index (χ3v) is 6.70. The van der Waals surface area contributed by atoms with E-state index >= 15 is 0 Å². The fourth-order valence-electron chi connectivity index (χ4n) is 5.34. The van der Waals surface area contributed by atoms with Crippen LogP contribution in [0.5, 0.6) is 0 Å². The molecule has 0 aromatic heterocycles. The second-order valence-electron chi connectivity index (χ2n) is 8.43. The summed E-state index contributed by atoms with van der Waals surface area (Å²) in [7, 11) is 1.63. The smallest absolute Gasteiger partial charge is 0.341 e. The quantitative estimate of drug-likeness (QED) is 0.731. The van der Waals surface area contributed by atoms with E-state index < -0.39 is 17.3 Å². The molecule has 2 aromatic rings. The minimum atomic E-state index is -1.69. The molecule has 2 atom stereocenters. The van der Waals surface area contributed by atoms with E-state index in [1.807, 2.05) is 36.4 Å². The molecule has 0 unspecified atom stereocenters. The number of Topliss-reactive ketones (excluding diaryl/α,β-unsaturated/α-hetero) is 1. The van der Waals surface area contributed by atoms with Crippen LogP contribution in [0.15, 0.2) is 77.4 Å². The van der Waals surface area contributed by atoms with Gasteiger partial charge in [-0.2, -0.15) is 0 Å². The van der Waals surface area contributed by atoms with Crippen LogP contribution in [-0.2, 0) is 29.3 Å². The number of rotatable bonds is 3. The molecule has 1 spiro atoms. The zero-order valence-electron chi connectivity index (χ0n) is 18.5. The Morgan fingerprint density at radius 3 is 2.55 bits per heavy atom. The number of nitrogens with two attached hydrogens (primary N) is 1. The first kappa shape index (κ1) is 21.0. The Balaban J connectivity index is 1.76. The maximum absolute atomic E-state index is 13.9. The zero-order chi connectivity index (χ0) is 23.3. The summed E-state index contributed by atoms with van der Waals surface area (Å²) in [6.07, 6.45) is 0.589. The molecular weight excluding hydrogens is 420 g/mol. The number of ketones is 1. The Kier molecular flexibility index (Phi) is 4.85. The number of carbonyl (C=O) groups excluding carboxylic acids is 3. The van der Waals surface area contributed by atoms with E-state index in [-0.39, 0.29) is 41.8 Å². The molecule has 0 fully saturated rings. The minimum absolute atomic E-state index is 0.0906. The summed E-state index contributed by atoms with van der Waals surface area (Å²) in [5.74, 6) is -1.40. The standard InChI is InChI=1S/C26H24N2O5/c1-3-32-24(30)22-23(27)33-20-14-16(15-9-5-4-6-10-15)13-19(29)21(20)26(22)17-11-7-8-12-18(17)28(2)25(26)31/h4-12,16H,3,13-14,27H2,1-2H3/t16-,26+/m0/s1. The first-order valence-electron chi connectivity index (χ1n) is 11.0. The number of ether oxygens (including phenoxy) is 2. The Bertz CT molecular complexity index is 1250. The average molecular weight is 444 g/mol. The van der Waals surface area contributed by atoms with Gasteiger partial charge in [0.1, 0.15) is 16.7 Å². The van der Waals surface area contributed by atoms with Gasteiger partial charge in [0, 0.05) is 31.1 Å². The number of nitrogens with zero attached hydrogens (tertiary/aromatic N) is 1. The van der Waals surface area contributed by atoms with Crippen molar-refractivity contribution in [2.24, 2.45) is 5.73 Å². The van der Waals surface area contributed by atoms with Gasteiger partial charge in [-0.25, -0.2) is 4.79 Å². The number of anilines is 1. The maximum atomic E-state index is 13.9. The number of likely N-dealkylation sites (N-methyl/N-ethyl adjacent to an activating group) is 1. The molecule has 5 rings (SSSR count). The Hall–Kier alpha value is -3.87. The SMILES string of the molecule is CCOC(=O)C1=C(N)OC2=C(C(=O)C[C@H](c3ccccc3)C2)[C@@]12C(=O)N(C)c1ccccc12. The van der Waals surface area contributed by atoms with Crippen LogP contribution in [0, 0.1) is 0 Å². The lowest BCUT2D eigenvalue weighted by Gasteiger charge is -2.40.